The first kappa shape index (κ1) is 40.3. The van der Waals surface area contributed by atoms with Crippen molar-refractivity contribution in [2.75, 3.05) is 4.90 Å². The Kier molecular flexibility index (Phi) is 8.41. The number of rotatable bonds is 5. The van der Waals surface area contributed by atoms with E-state index in [1.165, 1.54) is 121 Å². The Morgan fingerprint density at radius 1 is 0.288 bits per heavy atom. The lowest BCUT2D eigenvalue weighted by molar-refractivity contribution is 0.794. The zero-order chi connectivity index (χ0) is 47.8. The highest BCUT2D eigenvalue weighted by atomic mass is 15.1. The van der Waals surface area contributed by atoms with E-state index in [2.05, 4.69) is 276 Å². The molecule has 0 amide bonds. The second-order valence-electron chi connectivity index (χ2n) is 19.9. The monoisotopic (exact) mass is 924 g/mol. The van der Waals surface area contributed by atoms with Crippen LogP contribution in [0.5, 0.6) is 0 Å². The van der Waals surface area contributed by atoms with Crippen molar-refractivity contribution < 1.29 is 0 Å². The van der Waals surface area contributed by atoms with Gasteiger partial charge in [0.1, 0.15) is 0 Å². The van der Waals surface area contributed by atoms with Crippen molar-refractivity contribution in [2.45, 2.75) is 5.41 Å². The number of benzene rings is 13. The van der Waals surface area contributed by atoms with Crippen LogP contribution in [0.1, 0.15) is 22.3 Å². The summed E-state index contributed by atoms with van der Waals surface area (Å²) in [6.45, 7) is 0. The van der Waals surface area contributed by atoms with E-state index in [0.29, 0.717) is 0 Å². The molecule has 2 nitrogen and oxygen atoms in total. The summed E-state index contributed by atoms with van der Waals surface area (Å²) in [7, 11) is 0. The number of hydrogen-bond acceptors (Lipinski definition) is 1. The number of nitrogens with zero attached hydrogens (tertiary/aromatic N) is 2. The minimum atomic E-state index is -0.526. The van der Waals surface area contributed by atoms with Crippen molar-refractivity contribution in [2.24, 2.45) is 0 Å². The van der Waals surface area contributed by atoms with Gasteiger partial charge in [0.25, 0.3) is 0 Å². The molecular weight excluding hydrogens is 881 g/mol. The van der Waals surface area contributed by atoms with E-state index in [9.17, 15) is 0 Å². The molecule has 16 rings (SSSR count). The number of hydrogen-bond donors (Lipinski definition) is 0. The van der Waals surface area contributed by atoms with Gasteiger partial charge in [-0.3, -0.25) is 0 Å². The van der Waals surface area contributed by atoms with Crippen LogP contribution < -0.4 is 4.90 Å². The lowest BCUT2D eigenvalue weighted by atomic mass is 9.70. The van der Waals surface area contributed by atoms with Gasteiger partial charge in [-0.05, 0) is 142 Å². The first-order valence-electron chi connectivity index (χ1n) is 25.4. The Morgan fingerprint density at radius 3 is 1.41 bits per heavy atom. The molecular formula is C71H44N2. The smallest absolute Gasteiger partial charge is 0.0726 e. The van der Waals surface area contributed by atoms with E-state index >= 15 is 0 Å². The summed E-state index contributed by atoms with van der Waals surface area (Å²) in [5.74, 6) is 0. The van der Waals surface area contributed by atoms with Crippen LogP contribution in [0.2, 0.25) is 0 Å². The lowest BCUT2D eigenvalue weighted by Crippen LogP contribution is -2.26. The summed E-state index contributed by atoms with van der Waals surface area (Å²) in [6, 6.07) is 100. The zero-order valence-electron chi connectivity index (χ0n) is 39.8. The molecule has 0 radical (unpaired) electrons. The van der Waals surface area contributed by atoms with Crippen LogP contribution in [0.3, 0.4) is 0 Å². The maximum atomic E-state index is 2.57. The molecule has 338 valence electrons. The molecule has 0 fully saturated rings. The van der Waals surface area contributed by atoms with Crippen LogP contribution in [0.4, 0.5) is 17.1 Å². The fraction of sp³-hybridized carbons (Fsp3) is 0.0141. The van der Waals surface area contributed by atoms with Crippen molar-refractivity contribution in [1.29, 1.82) is 0 Å². The molecule has 1 spiro atoms. The molecule has 1 aromatic heterocycles. The molecule has 1 heterocycles. The van der Waals surface area contributed by atoms with E-state index < -0.39 is 5.41 Å². The van der Waals surface area contributed by atoms with Crippen LogP contribution in [0, 0.1) is 0 Å². The highest BCUT2D eigenvalue weighted by Crippen LogP contribution is 2.64. The first-order valence-corrected chi connectivity index (χ1v) is 25.4. The second kappa shape index (κ2) is 15.3. The van der Waals surface area contributed by atoms with Gasteiger partial charge in [-0.25, -0.2) is 0 Å². The van der Waals surface area contributed by atoms with Gasteiger partial charge in [0.15, 0.2) is 0 Å². The number of aromatic nitrogens is 1. The number of para-hydroxylation sites is 1. The number of anilines is 3. The van der Waals surface area contributed by atoms with Gasteiger partial charge >= 0.3 is 0 Å². The summed E-state index contributed by atoms with van der Waals surface area (Å²) in [5, 5.41) is 12.4. The third-order valence-electron chi connectivity index (χ3n) is 16.3. The van der Waals surface area contributed by atoms with Gasteiger partial charge in [0, 0.05) is 38.8 Å². The molecule has 0 aliphatic heterocycles. The highest BCUT2D eigenvalue weighted by molar-refractivity contribution is 6.26. The summed E-state index contributed by atoms with van der Waals surface area (Å²) >= 11 is 0. The van der Waals surface area contributed by atoms with Crippen molar-refractivity contribution in [1.82, 2.24) is 4.57 Å². The first-order chi connectivity index (χ1) is 36.2. The average molecular weight is 925 g/mol. The molecule has 0 saturated carbocycles. The van der Waals surface area contributed by atoms with Gasteiger partial charge < -0.3 is 9.47 Å². The Labute approximate surface area is 422 Å². The summed E-state index contributed by atoms with van der Waals surface area (Å²) < 4.78 is 2.47. The fourth-order valence-electron chi connectivity index (χ4n) is 13.4. The molecule has 14 aromatic rings. The van der Waals surface area contributed by atoms with E-state index in [1.54, 1.807) is 0 Å². The van der Waals surface area contributed by atoms with E-state index in [4.69, 9.17) is 0 Å². The molecule has 2 heteroatoms. The lowest BCUT2D eigenvalue weighted by Gasteiger charge is -2.33. The predicted molar refractivity (Wildman–Crippen MR) is 307 cm³/mol. The van der Waals surface area contributed by atoms with Crippen LogP contribution in [0.15, 0.2) is 267 Å². The Morgan fingerprint density at radius 2 is 0.767 bits per heavy atom. The van der Waals surface area contributed by atoms with Gasteiger partial charge in [0.05, 0.1) is 22.1 Å². The Hall–Kier alpha value is -9.50. The van der Waals surface area contributed by atoms with Gasteiger partial charge in [-0.15, -0.1) is 0 Å². The standard InChI is InChI=1S/C71H44N2/c1-3-19-45(20-4-1)60-43-62-58-31-15-18-34-66(58)71(64-32-16-13-29-56(64)57-30-14-17-33-65(57)71)67(62)44-69(60)72(48-36-39-55-53-27-10-9-25-51(53)52-26-11-12-28-54(52)61(55)41-48)49-37-40-68-63(42-49)59-38-35-46-21-7-8-24-50(46)70(59)73(68)47-22-5-2-6-23-47/h1-44H. The normalized spacial score (nSPS) is 13.0. The summed E-state index contributed by atoms with van der Waals surface area (Å²) in [5.41, 5.74) is 19.1. The van der Waals surface area contributed by atoms with Crippen molar-refractivity contribution >= 4 is 82.0 Å². The summed E-state index contributed by atoms with van der Waals surface area (Å²) in [4.78, 5) is 2.57. The third kappa shape index (κ3) is 5.52. The summed E-state index contributed by atoms with van der Waals surface area (Å²) in [6.07, 6.45) is 0. The Bertz CT molecular complexity index is 4540. The van der Waals surface area contributed by atoms with E-state index in [0.717, 1.165) is 22.7 Å². The molecule has 2 aliphatic carbocycles. The topological polar surface area (TPSA) is 8.17 Å². The zero-order valence-corrected chi connectivity index (χ0v) is 39.8. The predicted octanol–water partition coefficient (Wildman–Crippen LogP) is 18.9. The fourth-order valence-corrected chi connectivity index (χ4v) is 13.4. The highest BCUT2D eigenvalue weighted by Gasteiger charge is 2.52. The second-order valence-corrected chi connectivity index (χ2v) is 19.9. The van der Waals surface area contributed by atoms with Gasteiger partial charge in [0.2, 0.25) is 0 Å². The maximum Gasteiger partial charge on any atom is 0.0726 e. The SMILES string of the molecule is c1ccc(-c2cc3c(cc2N(c2ccc4c5ccccc5c5ccccc5c4c2)c2ccc4c(c2)c2ccc5ccccc5c2n4-c2ccccc2)C2(c4ccccc4-c4ccccc42)c2ccccc2-3)cc1. The van der Waals surface area contributed by atoms with E-state index in [-0.39, 0.29) is 0 Å². The largest absolute Gasteiger partial charge is 0.310 e. The minimum absolute atomic E-state index is 0.526. The van der Waals surface area contributed by atoms with Crippen molar-refractivity contribution in [3.8, 4) is 39.1 Å². The molecule has 0 atom stereocenters. The maximum absolute atomic E-state index is 2.57. The molecule has 0 saturated heterocycles. The molecule has 0 N–H and O–H groups in total. The molecule has 13 aromatic carbocycles. The Balaban J connectivity index is 1.05. The number of fused-ring (bicyclic) bond motifs is 21. The van der Waals surface area contributed by atoms with Crippen LogP contribution in [-0.2, 0) is 5.41 Å². The van der Waals surface area contributed by atoms with Crippen molar-refractivity contribution in [3.05, 3.63) is 289 Å². The third-order valence-corrected chi connectivity index (χ3v) is 16.3. The molecule has 0 unspecified atom stereocenters. The van der Waals surface area contributed by atoms with Gasteiger partial charge in [-0.2, -0.15) is 0 Å². The molecule has 2 aliphatic rings. The quantitative estimate of drug-likeness (QED) is 0.156. The van der Waals surface area contributed by atoms with Crippen LogP contribution in [-0.4, -0.2) is 4.57 Å². The average Bonchev–Trinajstić information content (AvgIpc) is 4.07. The molecule has 73 heavy (non-hydrogen) atoms. The van der Waals surface area contributed by atoms with Crippen LogP contribution in [0.25, 0.3) is 104 Å². The van der Waals surface area contributed by atoms with E-state index in [1.807, 2.05) is 0 Å². The van der Waals surface area contributed by atoms with Gasteiger partial charge in [-0.1, -0.05) is 212 Å². The molecule has 0 bridgehead atoms. The van der Waals surface area contributed by atoms with Crippen LogP contribution >= 0.6 is 0 Å². The minimum Gasteiger partial charge on any atom is -0.310 e. The van der Waals surface area contributed by atoms with Crippen molar-refractivity contribution in [3.63, 3.8) is 0 Å².